The van der Waals surface area contributed by atoms with Crippen LogP contribution in [0.3, 0.4) is 0 Å². The van der Waals surface area contributed by atoms with Crippen LogP contribution in [0.15, 0.2) is 12.1 Å². The van der Waals surface area contributed by atoms with Gasteiger partial charge in [-0.2, -0.15) is 0 Å². The maximum atomic E-state index is 12.0. The van der Waals surface area contributed by atoms with Crippen molar-refractivity contribution in [1.29, 1.82) is 0 Å². The van der Waals surface area contributed by atoms with Gasteiger partial charge in [0.05, 0.1) is 11.0 Å². The Balaban J connectivity index is 2.24. The monoisotopic (exact) mass is 328 g/mol. The molecular weight excluding hydrogens is 300 g/mol. The van der Waals surface area contributed by atoms with Gasteiger partial charge in [0.1, 0.15) is 11.9 Å². The molecule has 1 N–H and O–H groups in total. The molecule has 0 bridgehead atoms. The van der Waals surface area contributed by atoms with Crippen LogP contribution in [0.1, 0.15) is 74.9 Å². The summed E-state index contributed by atoms with van der Waals surface area (Å²) in [5.74, 6) is 0.617. The van der Waals surface area contributed by atoms with Crippen LogP contribution < -0.4 is 0 Å². The van der Waals surface area contributed by atoms with Gasteiger partial charge in [-0.3, -0.25) is 0 Å². The highest BCUT2D eigenvalue weighted by Gasteiger charge is 2.31. The van der Waals surface area contributed by atoms with Crippen LogP contribution in [-0.4, -0.2) is 20.6 Å². The number of rotatable bonds is 4. The Labute approximate surface area is 143 Å². The van der Waals surface area contributed by atoms with Gasteiger partial charge in [0.25, 0.3) is 0 Å². The van der Waals surface area contributed by atoms with E-state index in [9.17, 15) is 9.90 Å². The van der Waals surface area contributed by atoms with Gasteiger partial charge in [-0.15, -0.1) is 0 Å². The van der Waals surface area contributed by atoms with Gasteiger partial charge in [-0.05, 0) is 55.9 Å². The van der Waals surface area contributed by atoms with E-state index in [1.165, 1.54) is 30.4 Å². The molecule has 3 rings (SSSR count). The number of imidazole rings is 1. The van der Waals surface area contributed by atoms with E-state index in [1.807, 2.05) is 18.4 Å². The van der Waals surface area contributed by atoms with Crippen LogP contribution >= 0.6 is 0 Å². The second-order valence-electron chi connectivity index (χ2n) is 7.63. The van der Waals surface area contributed by atoms with Crippen molar-refractivity contribution >= 4 is 17.0 Å². The number of benzene rings is 1. The molecule has 1 aliphatic carbocycles. The summed E-state index contributed by atoms with van der Waals surface area (Å²) in [4.78, 5) is 16.9. The number of nitrogens with zero attached hydrogens (tertiary/aromatic N) is 2. The van der Waals surface area contributed by atoms with Gasteiger partial charge >= 0.3 is 5.97 Å². The molecule has 24 heavy (non-hydrogen) atoms. The Morgan fingerprint density at radius 2 is 1.79 bits per heavy atom. The molecule has 1 atom stereocenters. The highest BCUT2D eigenvalue weighted by atomic mass is 16.4. The molecule has 1 unspecified atom stereocenters. The van der Waals surface area contributed by atoms with E-state index < -0.39 is 12.0 Å². The van der Waals surface area contributed by atoms with Gasteiger partial charge in [0, 0.05) is 5.92 Å². The lowest BCUT2D eigenvalue weighted by molar-refractivity contribution is -0.142. The third kappa shape index (κ3) is 2.94. The molecule has 0 spiro atoms. The first-order valence-electron chi connectivity index (χ1n) is 9.12. The minimum atomic E-state index is -0.764. The molecule has 0 radical (unpaired) electrons. The van der Waals surface area contributed by atoms with Crippen LogP contribution in [0.25, 0.3) is 11.0 Å². The first-order chi connectivity index (χ1) is 11.4. The number of fused-ring (bicyclic) bond motifs is 1. The average molecular weight is 328 g/mol. The van der Waals surface area contributed by atoms with E-state index >= 15 is 0 Å². The SMILES string of the molecule is Cc1cc2nc(C3CCCCC3)n(C(C(=O)O)C(C)C)c2cc1C. The summed E-state index contributed by atoms with van der Waals surface area (Å²) in [6.07, 6.45) is 5.94. The summed E-state index contributed by atoms with van der Waals surface area (Å²) < 4.78 is 2.03. The molecule has 1 heterocycles. The molecule has 4 heteroatoms. The predicted octanol–water partition coefficient (Wildman–Crippen LogP) is 4.98. The number of carboxylic acid groups (broad SMARTS) is 1. The quantitative estimate of drug-likeness (QED) is 0.861. The van der Waals surface area contributed by atoms with Crippen LogP contribution in [0, 0.1) is 19.8 Å². The van der Waals surface area contributed by atoms with E-state index in [2.05, 4.69) is 26.0 Å². The summed E-state index contributed by atoms with van der Waals surface area (Å²) in [7, 11) is 0. The first kappa shape index (κ1) is 17.0. The average Bonchev–Trinajstić information content (AvgIpc) is 2.87. The minimum absolute atomic E-state index is 0.0175. The van der Waals surface area contributed by atoms with E-state index in [-0.39, 0.29) is 5.92 Å². The first-order valence-corrected chi connectivity index (χ1v) is 9.12. The molecule has 1 fully saturated rings. The standard InChI is InChI=1S/C20H28N2O2/c1-12(2)18(20(23)24)22-17-11-14(4)13(3)10-16(17)21-19(22)15-8-6-5-7-9-15/h10-12,15,18H,5-9H2,1-4H3,(H,23,24). The van der Waals surface area contributed by atoms with Crippen molar-refractivity contribution < 1.29 is 9.90 Å². The predicted molar refractivity (Wildman–Crippen MR) is 96.5 cm³/mol. The Morgan fingerprint density at radius 1 is 1.17 bits per heavy atom. The van der Waals surface area contributed by atoms with Crippen molar-refractivity contribution in [1.82, 2.24) is 9.55 Å². The van der Waals surface area contributed by atoms with Gasteiger partial charge in [-0.25, -0.2) is 9.78 Å². The molecule has 1 aromatic heterocycles. The van der Waals surface area contributed by atoms with Crippen molar-refractivity contribution in [3.8, 4) is 0 Å². The third-order valence-corrected chi connectivity index (χ3v) is 5.47. The normalized spacial score (nSPS) is 17.5. The zero-order valence-electron chi connectivity index (χ0n) is 15.2. The molecular formula is C20H28N2O2. The van der Waals surface area contributed by atoms with E-state index in [0.717, 1.165) is 29.7 Å². The van der Waals surface area contributed by atoms with Crippen LogP contribution in [0.2, 0.25) is 0 Å². The van der Waals surface area contributed by atoms with Crippen LogP contribution in [0.4, 0.5) is 0 Å². The van der Waals surface area contributed by atoms with E-state index in [0.29, 0.717) is 5.92 Å². The number of carboxylic acids is 1. The van der Waals surface area contributed by atoms with E-state index in [1.54, 1.807) is 0 Å². The summed E-state index contributed by atoms with van der Waals surface area (Å²) in [5, 5.41) is 9.87. The number of hydrogen-bond donors (Lipinski definition) is 1. The van der Waals surface area contributed by atoms with Crippen molar-refractivity contribution in [2.75, 3.05) is 0 Å². The molecule has 4 nitrogen and oxygen atoms in total. The fourth-order valence-corrected chi connectivity index (χ4v) is 4.00. The molecule has 130 valence electrons. The number of hydrogen-bond acceptors (Lipinski definition) is 2. The number of aryl methyl sites for hydroxylation is 2. The Hall–Kier alpha value is -1.84. The van der Waals surface area contributed by atoms with Crippen LogP contribution in [0.5, 0.6) is 0 Å². The van der Waals surface area contributed by atoms with Gasteiger partial charge in [0.15, 0.2) is 0 Å². The summed E-state index contributed by atoms with van der Waals surface area (Å²) in [6, 6.07) is 3.66. The fourth-order valence-electron chi connectivity index (χ4n) is 4.00. The summed E-state index contributed by atoms with van der Waals surface area (Å²) in [5.41, 5.74) is 4.30. The van der Waals surface area contributed by atoms with Gasteiger partial charge < -0.3 is 9.67 Å². The lowest BCUT2D eigenvalue weighted by Gasteiger charge is -2.27. The van der Waals surface area contributed by atoms with E-state index in [4.69, 9.17) is 4.98 Å². The third-order valence-electron chi connectivity index (χ3n) is 5.47. The maximum Gasteiger partial charge on any atom is 0.327 e. The van der Waals surface area contributed by atoms with Gasteiger partial charge in [0.2, 0.25) is 0 Å². The van der Waals surface area contributed by atoms with Crippen molar-refractivity contribution in [3.63, 3.8) is 0 Å². The van der Waals surface area contributed by atoms with Crippen molar-refractivity contribution in [3.05, 3.63) is 29.1 Å². The smallest absolute Gasteiger partial charge is 0.327 e. The fraction of sp³-hybridized carbons (Fsp3) is 0.600. The minimum Gasteiger partial charge on any atom is -0.480 e. The number of carbonyl (C=O) groups is 1. The second-order valence-corrected chi connectivity index (χ2v) is 7.63. The van der Waals surface area contributed by atoms with Crippen molar-refractivity contribution in [2.24, 2.45) is 5.92 Å². The summed E-state index contributed by atoms with van der Waals surface area (Å²) in [6.45, 7) is 8.13. The molecule has 0 saturated heterocycles. The highest BCUT2D eigenvalue weighted by molar-refractivity contribution is 5.82. The van der Waals surface area contributed by atoms with Gasteiger partial charge in [-0.1, -0.05) is 33.1 Å². The molecule has 1 saturated carbocycles. The molecule has 1 aromatic carbocycles. The second kappa shape index (κ2) is 6.58. The zero-order valence-corrected chi connectivity index (χ0v) is 15.2. The summed E-state index contributed by atoms with van der Waals surface area (Å²) >= 11 is 0. The lowest BCUT2D eigenvalue weighted by atomic mass is 9.88. The molecule has 2 aromatic rings. The molecule has 0 amide bonds. The molecule has 1 aliphatic rings. The zero-order chi connectivity index (χ0) is 17.4. The number of aromatic nitrogens is 2. The lowest BCUT2D eigenvalue weighted by Crippen LogP contribution is -2.27. The van der Waals surface area contributed by atoms with Crippen molar-refractivity contribution in [2.45, 2.75) is 71.8 Å². The number of aliphatic carboxylic acids is 1. The highest BCUT2D eigenvalue weighted by Crippen LogP contribution is 2.37. The topological polar surface area (TPSA) is 55.1 Å². The Kier molecular flexibility index (Phi) is 4.66. The molecule has 0 aliphatic heterocycles. The Bertz CT molecular complexity index is 755. The van der Waals surface area contributed by atoms with Crippen LogP contribution in [-0.2, 0) is 4.79 Å². The maximum absolute atomic E-state index is 12.0. The Morgan fingerprint density at radius 3 is 2.38 bits per heavy atom. The largest absolute Gasteiger partial charge is 0.480 e.